The second kappa shape index (κ2) is 7.20. The topological polar surface area (TPSA) is 66.5 Å². The molecule has 2 rings (SSSR count). The van der Waals surface area contributed by atoms with Gasteiger partial charge in [0.05, 0.1) is 0 Å². The zero-order valence-electron chi connectivity index (χ0n) is 13.1. The third kappa shape index (κ3) is 3.93. The summed E-state index contributed by atoms with van der Waals surface area (Å²) in [5.74, 6) is -1.18. The summed E-state index contributed by atoms with van der Waals surface area (Å²) in [6.45, 7) is 1.48. The molecule has 0 aliphatic heterocycles. The SMILES string of the molecule is CC(=O)c1ccc(NC(=O)C(=O)N(C)C2CCCCC2)cc1. The first-order chi connectivity index (χ1) is 10.5. The third-order valence-electron chi connectivity index (χ3n) is 4.19. The molecule has 0 bridgehead atoms. The highest BCUT2D eigenvalue weighted by Gasteiger charge is 2.26. The van der Waals surface area contributed by atoms with Gasteiger partial charge in [-0.3, -0.25) is 14.4 Å². The van der Waals surface area contributed by atoms with Gasteiger partial charge < -0.3 is 10.2 Å². The van der Waals surface area contributed by atoms with Gasteiger partial charge in [-0.1, -0.05) is 19.3 Å². The van der Waals surface area contributed by atoms with Crippen molar-refractivity contribution in [1.82, 2.24) is 4.90 Å². The van der Waals surface area contributed by atoms with Gasteiger partial charge in [-0.15, -0.1) is 0 Å². The Morgan fingerprint density at radius 1 is 1.05 bits per heavy atom. The fourth-order valence-electron chi connectivity index (χ4n) is 2.77. The molecule has 1 aliphatic rings. The van der Waals surface area contributed by atoms with E-state index in [1.807, 2.05) is 0 Å². The quantitative estimate of drug-likeness (QED) is 0.689. The van der Waals surface area contributed by atoms with E-state index in [1.165, 1.54) is 13.3 Å². The Morgan fingerprint density at radius 3 is 2.18 bits per heavy atom. The van der Waals surface area contributed by atoms with E-state index in [9.17, 15) is 14.4 Å². The zero-order chi connectivity index (χ0) is 16.1. The first kappa shape index (κ1) is 16.2. The highest BCUT2D eigenvalue weighted by atomic mass is 16.2. The summed E-state index contributed by atoms with van der Waals surface area (Å²) in [4.78, 5) is 37.0. The first-order valence-electron chi connectivity index (χ1n) is 7.68. The van der Waals surface area contributed by atoms with Crippen LogP contribution in [0.3, 0.4) is 0 Å². The third-order valence-corrected chi connectivity index (χ3v) is 4.19. The summed E-state index contributed by atoms with van der Waals surface area (Å²) in [6.07, 6.45) is 5.34. The van der Waals surface area contributed by atoms with Gasteiger partial charge >= 0.3 is 11.8 Å². The van der Waals surface area contributed by atoms with Crippen LogP contribution in [-0.4, -0.2) is 35.6 Å². The minimum atomic E-state index is -0.636. The molecular formula is C17H22N2O3. The molecule has 0 unspecified atom stereocenters. The molecule has 1 aromatic rings. The van der Waals surface area contributed by atoms with Crippen molar-refractivity contribution >= 4 is 23.3 Å². The highest BCUT2D eigenvalue weighted by molar-refractivity contribution is 6.39. The lowest BCUT2D eigenvalue weighted by molar-refractivity contribution is -0.144. The van der Waals surface area contributed by atoms with Gasteiger partial charge in [-0.25, -0.2) is 0 Å². The van der Waals surface area contributed by atoms with Crippen molar-refractivity contribution in [3.8, 4) is 0 Å². The predicted octanol–water partition coefficient (Wildman–Crippen LogP) is 2.62. The number of Topliss-reactive ketones (excluding diaryl/α,β-unsaturated/α-hetero) is 1. The molecule has 0 aromatic heterocycles. The van der Waals surface area contributed by atoms with Crippen molar-refractivity contribution in [3.63, 3.8) is 0 Å². The van der Waals surface area contributed by atoms with E-state index in [0.29, 0.717) is 11.3 Å². The lowest BCUT2D eigenvalue weighted by Gasteiger charge is -2.30. The van der Waals surface area contributed by atoms with E-state index >= 15 is 0 Å². The summed E-state index contributed by atoms with van der Waals surface area (Å²) < 4.78 is 0. The molecule has 22 heavy (non-hydrogen) atoms. The van der Waals surface area contributed by atoms with Crippen molar-refractivity contribution < 1.29 is 14.4 Å². The number of nitrogens with one attached hydrogen (secondary N) is 1. The van der Waals surface area contributed by atoms with Crippen LogP contribution in [0.2, 0.25) is 0 Å². The van der Waals surface area contributed by atoms with E-state index in [2.05, 4.69) is 5.32 Å². The molecule has 0 spiro atoms. The Balaban J connectivity index is 1.95. The molecule has 0 heterocycles. The molecule has 0 saturated heterocycles. The highest BCUT2D eigenvalue weighted by Crippen LogP contribution is 2.21. The van der Waals surface area contributed by atoms with Gasteiger partial charge in [0.15, 0.2) is 5.78 Å². The molecule has 1 aliphatic carbocycles. The fourth-order valence-corrected chi connectivity index (χ4v) is 2.77. The lowest BCUT2D eigenvalue weighted by Crippen LogP contribution is -2.44. The Hall–Kier alpha value is -2.17. The molecule has 118 valence electrons. The van der Waals surface area contributed by atoms with Gasteiger partial charge in [-0.2, -0.15) is 0 Å². The number of benzene rings is 1. The fraction of sp³-hybridized carbons (Fsp3) is 0.471. The normalized spacial score (nSPS) is 15.2. The number of likely N-dealkylation sites (N-methyl/N-ethyl adjacent to an activating group) is 1. The van der Waals surface area contributed by atoms with Crippen LogP contribution in [0.15, 0.2) is 24.3 Å². The van der Waals surface area contributed by atoms with Crippen LogP contribution in [0.5, 0.6) is 0 Å². The molecule has 1 aromatic carbocycles. The maximum absolute atomic E-state index is 12.2. The maximum atomic E-state index is 12.2. The maximum Gasteiger partial charge on any atom is 0.313 e. The number of anilines is 1. The second-order valence-corrected chi connectivity index (χ2v) is 5.80. The van der Waals surface area contributed by atoms with Crippen molar-refractivity contribution in [2.45, 2.75) is 45.1 Å². The van der Waals surface area contributed by atoms with Crippen LogP contribution in [0.25, 0.3) is 0 Å². The van der Waals surface area contributed by atoms with Crippen LogP contribution in [0.1, 0.15) is 49.4 Å². The van der Waals surface area contributed by atoms with E-state index in [4.69, 9.17) is 0 Å². The first-order valence-corrected chi connectivity index (χ1v) is 7.68. The average Bonchev–Trinajstić information content (AvgIpc) is 2.54. The number of carbonyl (C=O) groups excluding carboxylic acids is 3. The summed E-state index contributed by atoms with van der Waals surface area (Å²) in [6, 6.07) is 6.68. The zero-order valence-corrected chi connectivity index (χ0v) is 13.1. The molecule has 1 saturated carbocycles. The molecule has 5 heteroatoms. The molecule has 0 atom stereocenters. The number of carbonyl (C=O) groups is 3. The minimum absolute atomic E-state index is 0.0361. The van der Waals surface area contributed by atoms with Crippen LogP contribution < -0.4 is 5.32 Å². The van der Waals surface area contributed by atoms with E-state index in [1.54, 1.807) is 36.2 Å². The second-order valence-electron chi connectivity index (χ2n) is 5.80. The molecule has 0 radical (unpaired) electrons. The Kier molecular flexibility index (Phi) is 5.31. The van der Waals surface area contributed by atoms with Gasteiger partial charge in [0.25, 0.3) is 0 Å². The number of hydrogen-bond donors (Lipinski definition) is 1. The van der Waals surface area contributed by atoms with Gasteiger partial charge in [-0.05, 0) is 44.0 Å². The van der Waals surface area contributed by atoms with Crippen molar-refractivity contribution in [1.29, 1.82) is 0 Å². The lowest BCUT2D eigenvalue weighted by atomic mass is 9.94. The van der Waals surface area contributed by atoms with Crippen molar-refractivity contribution in [2.75, 3.05) is 12.4 Å². The monoisotopic (exact) mass is 302 g/mol. The summed E-state index contributed by atoms with van der Waals surface area (Å²) in [7, 11) is 1.69. The van der Waals surface area contributed by atoms with Gasteiger partial charge in [0.1, 0.15) is 0 Å². The van der Waals surface area contributed by atoms with Crippen LogP contribution in [0, 0.1) is 0 Å². The van der Waals surface area contributed by atoms with Crippen molar-refractivity contribution in [2.24, 2.45) is 0 Å². The van der Waals surface area contributed by atoms with E-state index < -0.39 is 11.8 Å². The number of ketones is 1. The summed E-state index contributed by atoms with van der Waals surface area (Å²) in [5.41, 5.74) is 1.09. The van der Waals surface area contributed by atoms with E-state index in [-0.39, 0.29) is 11.8 Å². The smallest absolute Gasteiger partial charge is 0.313 e. The largest absolute Gasteiger partial charge is 0.335 e. The Morgan fingerprint density at radius 2 is 1.64 bits per heavy atom. The molecule has 1 N–H and O–H groups in total. The Labute approximate surface area is 130 Å². The molecule has 1 fully saturated rings. The average molecular weight is 302 g/mol. The Bertz CT molecular complexity index is 560. The molecular weight excluding hydrogens is 280 g/mol. The standard InChI is InChI=1S/C17H22N2O3/c1-12(20)13-8-10-14(11-9-13)18-16(21)17(22)19(2)15-6-4-3-5-7-15/h8-11,15H,3-7H2,1-2H3,(H,18,21). The summed E-state index contributed by atoms with van der Waals surface area (Å²) >= 11 is 0. The number of hydrogen-bond acceptors (Lipinski definition) is 3. The van der Waals surface area contributed by atoms with E-state index in [0.717, 1.165) is 25.7 Å². The van der Waals surface area contributed by atoms with Crippen LogP contribution >= 0.6 is 0 Å². The number of amides is 2. The van der Waals surface area contributed by atoms with Crippen molar-refractivity contribution in [3.05, 3.63) is 29.8 Å². The van der Waals surface area contributed by atoms with Crippen LogP contribution in [-0.2, 0) is 9.59 Å². The van der Waals surface area contributed by atoms with Gasteiger partial charge in [0.2, 0.25) is 0 Å². The number of rotatable bonds is 3. The number of nitrogens with zero attached hydrogens (tertiary/aromatic N) is 1. The van der Waals surface area contributed by atoms with Crippen LogP contribution in [0.4, 0.5) is 5.69 Å². The van der Waals surface area contributed by atoms with Gasteiger partial charge in [0, 0.05) is 24.3 Å². The molecule has 5 nitrogen and oxygen atoms in total. The predicted molar refractivity (Wildman–Crippen MR) is 84.7 cm³/mol. The minimum Gasteiger partial charge on any atom is -0.335 e. The summed E-state index contributed by atoms with van der Waals surface area (Å²) in [5, 5.41) is 2.59. The molecule has 2 amide bonds.